The Hall–Kier alpha value is -0.120. The molecule has 0 bridgehead atoms. The molecule has 2 aliphatic heterocycles. The van der Waals surface area contributed by atoms with Gasteiger partial charge in [0.15, 0.2) is 0 Å². The molecule has 2 saturated heterocycles. The van der Waals surface area contributed by atoms with Crippen molar-refractivity contribution in [3.05, 3.63) is 0 Å². The summed E-state index contributed by atoms with van der Waals surface area (Å²) >= 11 is 0. The highest BCUT2D eigenvalue weighted by Gasteiger charge is 2.30. The Labute approximate surface area is 107 Å². The van der Waals surface area contributed by atoms with Crippen molar-refractivity contribution in [2.45, 2.75) is 39.8 Å². The standard InChI is InChI=1S/C14H29N3/c1-12(2)16-7-5-15(6-8-16)9-14-10-17(11-14)13(3)4/h12-14H,5-11H2,1-4H3. The van der Waals surface area contributed by atoms with Crippen LogP contribution in [0.3, 0.4) is 0 Å². The van der Waals surface area contributed by atoms with Crippen LogP contribution < -0.4 is 0 Å². The fourth-order valence-electron chi connectivity index (χ4n) is 2.97. The minimum atomic E-state index is 0.720. The Morgan fingerprint density at radius 2 is 1.35 bits per heavy atom. The van der Waals surface area contributed by atoms with Gasteiger partial charge in [-0.3, -0.25) is 4.90 Å². The summed E-state index contributed by atoms with van der Waals surface area (Å²) < 4.78 is 0. The number of piperazine rings is 1. The molecule has 17 heavy (non-hydrogen) atoms. The highest BCUT2D eigenvalue weighted by atomic mass is 15.3. The van der Waals surface area contributed by atoms with Gasteiger partial charge in [-0.1, -0.05) is 0 Å². The molecular formula is C14H29N3. The molecule has 0 amide bonds. The summed E-state index contributed by atoms with van der Waals surface area (Å²) in [5, 5.41) is 0. The topological polar surface area (TPSA) is 9.72 Å². The van der Waals surface area contributed by atoms with Crippen LogP contribution in [0.25, 0.3) is 0 Å². The highest BCUT2D eigenvalue weighted by molar-refractivity contribution is 4.85. The smallest absolute Gasteiger partial charge is 0.0113 e. The molecule has 3 nitrogen and oxygen atoms in total. The summed E-state index contributed by atoms with van der Waals surface area (Å²) in [5.41, 5.74) is 0. The second-order valence-electron chi connectivity index (χ2n) is 6.34. The predicted octanol–water partition coefficient (Wildman–Crippen LogP) is 1.35. The number of hydrogen-bond acceptors (Lipinski definition) is 3. The van der Waals surface area contributed by atoms with E-state index in [1.54, 1.807) is 0 Å². The number of hydrogen-bond donors (Lipinski definition) is 0. The molecule has 0 spiro atoms. The summed E-state index contributed by atoms with van der Waals surface area (Å²) in [6.45, 7) is 18.3. The van der Waals surface area contributed by atoms with Crippen molar-refractivity contribution in [3.8, 4) is 0 Å². The van der Waals surface area contributed by atoms with Crippen molar-refractivity contribution in [1.82, 2.24) is 14.7 Å². The van der Waals surface area contributed by atoms with Gasteiger partial charge < -0.3 is 9.80 Å². The van der Waals surface area contributed by atoms with Crippen molar-refractivity contribution in [2.75, 3.05) is 45.8 Å². The largest absolute Gasteiger partial charge is 0.300 e. The van der Waals surface area contributed by atoms with Crippen molar-refractivity contribution in [3.63, 3.8) is 0 Å². The van der Waals surface area contributed by atoms with Gasteiger partial charge in [-0.15, -0.1) is 0 Å². The molecule has 0 unspecified atom stereocenters. The maximum absolute atomic E-state index is 2.67. The average molecular weight is 239 g/mol. The molecule has 2 aliphatic rings. The van der Waals surface area contributed by atoms with E-state index in [2.05, 4.69) is 42.4 Å². The normalized spacial score (nSPS) is 25.8. The molecule has 2 heterocycles. The van der Waals surface area contributed by atoms with Crippen molar-refractivity contribution in [2.24, 2.45) is 5.92 Å². The van der Waals surface area contributed by atoms with E-state index in [0.29, 0.717) is 0 Å². The minimum absolute atomic E-state index is 0.720. The lowest BCUT2D eigenvalue weighted by Gasteiger charge is -2.45. The third-order valence-corrected chi connectivity index (χ3v) is 4.37. The number of nitrogens with zero attached hydrogens (tertiary/aromatic N) is 3. The number of likely N-dealkylation sites (tertiary alicyclic amines) is 1. The Morgan fingerprint density at radius 1 is 0.824 bits per heavy atom. The molecule has 0 N–H and O–H groups in total. The van der Waals surface area contributed by atoms with Gasteiger partial charge in [0.05, 0.1) is 0 Å². The molecule has 0 saturated carbocycles. The van der Waals surface area contributed by atoms with Gasteiger partial charge >= 0.3 is 0 Å². The van der Waals surface area contributed by atoms with Crippen LogP contribution in [0, 0.1) is 5.92 Å². The molecule has 0 atom stereocenters. The lowest BCUT2D eigenvalue weighted by Crippen LogP contribution is -2.56. The first kappa shape index (κ1) is 13.3. The predicted molar refractivity (Wildman–Crippen MR) is 73.3 cm³/mol. The lowest BCUT2D eigenvalue weighted by molar-refractivity contribution is 0.0246. The molecule has 2 fully saturated rings. The zero-order valence-electron chi connectivity index (χ0n) is 12.0. The van der Waals surface area contributed by atoms with Crippen LogP contribution in [0.4, 0.5) is 0 Å². The van der Waals surface area contributed by atoms with Crippen molar-refractivity contribution in [1.29, 1.82) is 0 Å². The monoisotopic (exact) mass is 239 g/mol. The zero-order valence-corrected chi connectivity index (χ0v) is 12.0. The van der Waals surface area contributed by atoms with Crippen LogP contribution in [0.1, 0.15) is 27.7 Å². The highest BCUT2D eigenvalue weighted by Crippen LogP contribution is 2.20. The van der Waals surface area contributed by atoms with Crippen LogP contribution in [0.15, 0.2) is 0 Å². The van der Waals surface area contributed by atoms with E-state index in [9.17, 15) is 0 Å². The van der Waals surface area contributed by atoms with Gasteiger partial charge in [-0.2, -0.15) is 0 Å². The fourth-order valence-corrected chi connectivity index (χ4v) is 2.97. The second-order valence-corrected chi connectivity index (χ2v) is 6.34. The maximum atomic E-state index is 2.67. The summed E-state index contributed by atoms with van der Waals surface area (Å²) in [6, 6.07) is 1.46. The van der Waals surface area contributed by atoms with Crippen LogP contribution in [0.2, 0.25) is 0 Å². The molecular weight excluding hydrogens is 210 g/mol. The third-order valence-electron chi connectivity index (χ3n) is 4.37. The fraction of sp³-hybridized carbons (Fsp3) is 1.00. The van der Waals surface area contributed by atoms with Gasteiger partial charge in [0.2, 0.25) is 0 Å². The van der Waals surface area contributed by atoms with Crippen LogP contribution in [-0.4, -0.2) is 72.6 Å². The van der Waals surface area contributed by atoms with E-state index >= 15 is 0 Å². The summed E-state index contributed by atoms with van der Waals surface area (Å²) in [7, 11) is 0. The van der Waals surface area contributed by atoms with Crippen LogP contribution in [-0.2, 0) is 0 Å². The molecule has 0 aromatic rings. The molecule has 0 aromatic heterocycles. The molecule has 0 aromatic carbocycles. The minimum Gasteiger partial charge on any atom is -0.300 e. The lowest BCUT2D eigenvalue weighted by atomic mass is 9.97. The first-order chi connectivity index (χ1) is 8.06. The van der Waals surface area contributed by atoms with Gasteiger partial charge in [0.25, 0.3) is 0 Å². The molecule has 0 aliphatic carbocycles. The van der Waals surface area contributed by atoms with Gasteiger partial charge in [0, 0.05) is 57.9 Å². The summed E-state index contributed by atoms with van der Waals surface area (Å²) in [6.07, 6.45) is 0. The molecule has 2 rings (SSSR count). The number of rotatable bonds is 4. The second kappa shape index (κ2) is 5.68. The van der Waals surface area contributed by atoms with Crippen molar-refractivity contribution < 1.29 is 0 Å². The Balaban J connectivity index is 1.63. The quantitative estimate of drug-likeness (QED) is 0.733. The first-order valence-corrected chi connectivity index (χ1v) is 7.26. The van der Waals surface area contributed by atoms with Gasteiger partial charge in [0.1, 0.15) is 0 Å². The third kappa shape index (κ3) is 3.43. The molecule has 3 heteroatoms. The SMILES string of the molecule is CC(C)N1CCN(CC2CN(C(C)C)C2)CC1. The van der Waals surface area contributed by atoms with Gasteiger partial charge in [-0.05, 0) is 33.6 Å². The van der Waals surface area contributed by atoms with Crippen molar-refractivity contribution >= 4 is 0 Å². The van der Waals surface area contributed by atoms with E-state index in [-0.39, 0.29) is 0 Å². The van der Waals surface area contributed by atoms with Gasteiger partial charge in [-0.25, -0.2) is 0 Å². The Kier molecular flexibility index (Phi) is 4.45. The van der Waals surface area contributed by atoms with E-state index in [1.807, 2.05) is 0 Å². The zero-order chi connectivity index (χ0) is 12.4. The van der Waals surface area contributed by atoms with Crippen LogP contribution in [0.5, 0.6) is 0 Å². The summed E-state index contributed by atoms with van der Waals surface area (Å²) in [5.74, 6) is 0.933. The Morgan fingerprint density at radius 3 is 1.82 bits per heavy atom. The van der Waals surface area contributed by atoms with E-state index in [4.69, 9.17) is 0 Å². The van der Waals surface area contributed by atoms with Crippen LogP contribution >= 0.6 is 0 Å². The molecule has 100 valence electrons. The summed E-state index contributed by atoms with van der Waals surface area (Å²) in [4.78, 5) is 7.84. The molecule has 0 radical (unpaired) electrons. The first-order valence-electron chi connectivity index (χ1n) is 7.26. The van der Waals surface area contributed by atoms with E-state index in [0.717, 1.165) is 18.0 Å². The average Bonchev–Trinajstić information content (AvgIpc) is 2.23. The van der Waals surface area contributed by atoms with E-state index < -0.39 is 0 Å². The van der Waals surface area contributed by atoms with E-state index in [1.165, 1.54) is 45.8 Å². The Bertz CT molecular complexity index is 226. The maximum Gasteiger partial charge on any atom is 0.0113 e.